The molecule has 3 aromatic carbocycles. The summed E-state index contributed by atoms with van der Waals surface area (Å²) in [5, 5.41) is 4.25. The number of nitrogens with one attached hydrogen (secondary N) is 1. The van der Waals surface area contributed by atoms with Gasteiger partial charge in [0.2, 0.25) is 0 Å². The van der Waals surface area contributed by atoms with Crippen LogP contribution in [-0.2, 0) is 0 Å². The zero-order valence-corrected chi connectivity index (χ0v) is 24.9. The van der Waals surface area contributed by atoms with E-state index in [9.17, 15) is 0 Å². The molecule has 0 bridgehead atoms. The Morgan fingerprint density at radius 3 is 2.35 bits per heavy atom. The van der Waals surface area contributed by atoms with Crippen LogP contribution in [0.2, 0.25) is 0 Å². The van der Waals surface area contributed by atoms with E-state index in [1.807, 2.05) is 67.7 Å². The molecule has 7 heteroatoms. The van der Waals surface area contributed by atoms with E-state index in [0.717, 1.165) is 50.0 Å². The average molecular weight is 610 g/mol. The van der Waals surface area contributed by atoms with Gasteiger partial charge < -0.3 is 19.5 Å². The van der Waals surface area contributed by atoms with Crippen LogP contribution in [-0.4, -0.2) is 14.7 Å². The van der Waals surface area contributed by atoms with Crippen molar-refractivity contribution in [3.63, 3.8) is 0 Å². The van der Waals surface area contributed by atoms with Crippen molar-refractivity contribution < 1.29 is 4.74 Å². The Bertz CT molecular complexity index is 1680. The van der Waals surface area contributed by atoms with Gasteiger partial charge in [0.15, 0.2) is 5.11 Å². The monoisotopic (exact) mass is 608 g/mol. The van der Waals surface area contributed by atoms with Crippen molar-refractivity contribution in [2.24, 2.45) is 0 Å². The highest BCUT2D eigenvalue weighted by atomic mass is 79.9. The summed E-state index contributed by atoms with van der Waals surface area (Å²) in [6, 6.07) is 32.6. The number of hydrogen-bond donors (Lipinski definition) is 1. The van der Waals surface area contributed by atoms with Crippen LogP contribution < -0.4 is 15.0 Å². The molecule has 0 spiro atoms. The molecule has 6 rings (SSSR count). The van der Waals surface area contributed by atoms with Gasteiger partial charge in [0.1, 0.15) is 11.5 Å². The lowest BCUT2D eigenvalue weighted by atomic mass is 9.96. The summed E-state index contributed by atoms with van der Waals surface area (Å²) < 4.78 is 9.51. The maximum atomic E-state index is 6.17. The smallest absolute Gasteiger partial charge is 0.174 e. The van der Waals surface area contributed by atoms with E-state index >= 15 is 0 Å². The van der Waals surface area contributed by atoms with Crippen LogP contribution in [0.4, 0.5) is 5.69 Å². The summed E-state index contributed by atoms with van der Waals surface area (Å²) in [7, 11) is 0. The summed E-state index contributed by atoms with van der Waals surface area (Å²) in [6.07, 6.45) is 1.84. The minimum absolute atomic E-state index is 0.0994. The van der Waals surface area contributed by atoms with Crippen molar-refractivity contribution in [1.82, 2.24) is 14.9 Å². The van der Waals surface area contributed by atoms with Gasteiger partial charge in [0, 0.05) is 33.4 Å². The molecule has 0 amide bonds. The second-order valence-electron chi connectivity index (χ2n) is 10.00. The third-order valence-electron chi connectivity index (χ3n) is 7.39. The number of pyridine rings is 1. The third kappa shape index (κ3) is 4.91. The molecule has 1 aliphatic rings. The van der Waals surface area contributed by atoms with E-state index in [4.69, 9.17) is 21.9 Å². The van der Waals surface area contributed by atoms with Crippen molar-refractivity contribution >= 4 is 38.9 Å². The molecule has 2 atom stereocenters. The lowest BCUT2D eigenvalue weighted by Crippen LogP contribution is -2.29. The summed E-state index contributed by atoms with van der Waals surface area (Å²) in [4.78, 5) is 6.92. The van der Waals surface area contributed by atoms with E-state index in [1.54, 1.807) is 0 Å². The molecule has 3 heterocycles. The predicted molar refractivity (Wildman–Crippen MR) is 169 cm³/mol. The fraction of sp³-hybridized carbons (Fsp3) is 0.152. The fourth-order valence-corrected chi connectivity index (χ4v) is 6.25. The largest absolute Gasteiger partial charge is 0.457 e. The topological polar surface area (TPSA) is 42.3 Å². The number of hydrogen-bond acceptors (Lipinski definition) is 3. The quantitative estimate of drug-likeness (QED) is 0.196. The SMILES string of the molecule is Cc1ccccc1Oc1ccc(N2C(=S)N[C@@H](c3ccccn3)[C@H]2c2cc(C)n(-c3cccc(Br)c3)c2C)cc1. The maximum absolute atomic E-state index is 6.17. The first-order valence-electron chi connectivity index (χ1n) is 13.2. The van der Waals surface area contributed by atoms with Crippen molar-refractivity contribution in [2.45, 2.75) is 32.9 Å². The standard InChI is InChI=1S/C33H29BrN4OS/c1-21-9-4-5-13-30(21)39-27-16-14-25(15-17-27)38-32(31(36-33(38)40)29-12-6-7-18-35-29)28-19-22(2)37(23(28)3)26-11-8-10-24(34)20-26/h4-20,31-32H,1-3H3,(H,36,40)/t31-,32+/m0/s1. The lowest BCUT2D eigenvalue weighted by molar-refractivity contribution is 0.479. The maximum Gasteiger partial charge on any atom is 0.174 e. The summed E-state index contributed by atoms with van der Waals surface area (Å²) in [5.41, 5.74) is 7.66. The van der Waals surface area contributed by atoms with Gasteiger partial charge in [-0.25, -0.2) is 0 Å². The van der Waals surface area contributed by atoms with Crippen LogP contribution in [0.5, 0.6) is 11.5 Å². The van der Waals surface area contributed by atoms with E-state index < -0.39 is 0 Å². The van der Waals surface area contributed by atoms with E-state index in [0.29, 0.717) is 5.11 Å². The Kier molecular flexibility index (Phi) is 7.17. The molecule has 200 valence electrons. The minimum Gasteiger partial charge on any atom is -0.457 e. The molecule has 2 aromatic heterocycles. The first-order valence-corrected chi connectivity index (χ1v) is 14.4. The summed E-state index contributed by atoms with van der Waals surface area (Å²) >= 11 is 9.60. The molecule has 1 aliphatic heterocycles. The second-order valence-corrected chi connectivity index (χ2v) is 11.3. The van der Waals surface area contributed by atoms with Crippen molar-refractivity contribution in [2.75, 3.05) is 4.90 Å². The number of aryl methyl sites for hydroxylation is 2. The number of halogens is 1. The van der Waals surface area contributed by atoms with Crippen LogP contribution >= 0.6 is 28.1 Å². The Balaban J connectivity index is 1.42. The van der Waals surface area contributed by atoms with Gasteiger partial charge in [-0.3, -0.25) is 4.98 Å². The van der Waals surface area contributed by atoms with Gasteiger partial charge in [0.25, 0.3) is 0 Å². The Labute approximate surface area is 248 Å². The van der Waals surface area contributed by atoms with Gasteiger partial charge in [-0.2, -0.15) is 0 Å². The van der Waals surface area contributed by atoms with E-state index in [-0.39, 0.29) is 12.1 Å². The second kappa shape index (κ2) is 10.9. The summed E-state index contributed by atoms with van der Waals surface area (Å²) in [5.74, 6) is 1.63. The molecule has 1 saturated heterocycles. The number of rotatable bonds is 6. The number of aromatic nitrogens is 2. The molecule has 1 fully saturated rings. The zero-order valence-electron chi connectivity index (χ0n) is 22.5. The Morgan fingerprint density at radius 2 is 1.62 bits per heavy atom. The normalized spacial score (nSPS) is 16.7. The highest BCUT2D eigenvalue weighted by molar-refractivity contribution is 9.10. The number of nitrogens with zero attached hydrogens (tertiary/aromatic N) is 3. The number of anilines is 1. The Hall–Kier alpha value is -3.94. The molecule has 0 aliphatic carbocycles. The summed E-state index contributed by atoms with van der Waals surface area (Å²) in [6.45, 7) is 6.37. The van der Waals surface area contributed by atoms with Crippen molar-refractivity contribution in [1.29, 1.82) is 0 Å². The van der Waals surface area contributed by atoms with Crippen LogP contribution in [0.25, 0.3) is 5.69 Å². The molecule has 1 N–H and O–H groups in total. The van der Waals surface area contributed by atoms with Crippen LogP contribution in [0.3, 0.4) is 0 Å². The number of ether oxygens (including phenoxy) is 1. The first-order chi connectivity index (χ1) is 19.4. The van der Waals surface area contributed by atoms with Gasteiger partial charge in [-0.15, -0.1) is 0 Å². The zero-order chi connectivity index (χ0) is 27.8. The van der Waals surface area contributed by atoms with Crippen molar-refractivity contribution in [3.8, 4) is 17.2 Å². The Morgan fingerprint density at radius 1 is 0.850 bits per heavy atom. The molecule has 40 heavy (non-hydrogen) atoms. The predicted octanol–water partition coefficient (Wildman–Crippen LogP) is 8.53. The molecular weight excluding hydrogens is 580 g/mol. The molecule has 0 saturated carbocycles. The van der Waals surface area contributed by atoms with E-state index in [2.05, 4.69) is 87.0 Å². The minimum atomic E-state index is -0.118. The number of benzene rings is 3. The third-order valence-corrected chi connectivity index (χ3v) is 8.20. The number of thiocarbonyl (C=S) groups is 1. The number of para-hydroxylation sites is 1. The fourth-order valence-electron chi connectivity index (χ4n) is 5.52. The molecule has 5 nitrogen and oxygen atoms in total. The molecule has 0 unspecified atom stereocenters. The van der Waals surface area contributed by atoms with Gasteiger partial charge in [0.05, 0.1) is 17.8 Å². The average Bonchev–Trinajstić information content (AvgIpc) is 3.45. The van der Waals surface area contributed by atoms with Crippen LogP contribution in [0.15, 0.2) is 108 Å². The van der Waals surface area contributed by atoms with Crippen LogP contribution in [0, 0.1) is 20.8 Å². The molecular formula is C33H29BrN4OS. The van der Waals surface area contributed by atoms with Gasteiger partial charge in [-0.1, -0.05) is 46.3 Å². The molecule has 0 radical (unpaired) electrons. The van der Waals surface area contributed by atoms with Gasteiger partial charge in [-0.05, 0) is 111 Å². The first kappa shape index (κ1) is 26.3. The highest BCUT2D eigenvalue weighted by Crippen LogP contribution is 2.44. The van der Waals surface area contributed by atoms with Gasteiger partial charge >= 0.3 is 0 Å². The van der Waals surface area contributed by atoms with Crippen molar-refractivity contribution in [3.05, 3.63) is 136 Å². The van der Waals surface area contributed by atoms with E-state index in [1.165, 1.54) is 5.56 Å². The van der Waals surface area contributed by atoms with Crippen LogP contribution in [0.1, 0.15) is 40.3 Å². The molecule has 5 aromatic rings. The highest BCUT2D eigenvalue weighted by Gasteiger charge is 2.42. The lowest BCUT2D eigenvalue weighted by Gasteiger charge is -2.28.